The Bertz CT molecular complexity index is 2640. The molecule has 7 nitrogen and oxygen atoms in total. The highest BCUT2D eigenvalue weighted by Crippen LogP contribution is 2.42. The maximum absolute atomic E-state index is 15.1. The lowest BCUT2D eigenvalue weighted by Gasteiger charge is -2.36. The maximum atomic E-state index is 15.1. The molecule has 2 fully saturated rings. The van der Waals surface area contributed by atoms with Gasteiger partial charge in [-0.15, -0.1) is 6.58 Å². The second-order valence-corrected chi connectivity index (χ2v) is 24.9. The number of benzene rings is 6. The van der Waals surface area contributed by atoms with Gasteiger partial charge in [0.05, 0.1) is 49.2 Å². The molecule has 2 aliphatic rings. The molecule has 0 atom stereocenters. The van der Waals surface area contributed by atoms with Crippen LogP contribution < -0.4 is 0 Å². The van der Waals surface area contributed by atoms with Crippen molar-refractivity contribution in [2.75, 3.05) is 33.0 Å². The Balaban J connectivity index is 0.000000221. The van der Waals surface area contributed by atoms with Crippen molar-refractivity contribution in [1.82, 2.24) is 0 Å². The van der Waals surface area contributed by atoms with Gasteiger partial charge in [0.2, 0.25) is 0 Å². The normalized spacial score (nSPS) is 13.7. The first-order chi connectivity index (χ1) is 34.6. The Kier molecular flexibility index (Phi) is 22.8. The first kappa shape index (κ1) is 58.6. The van der Waals surface area contributed by atoms with Crippen molar-refractivity contribution >= 4 is 47.0 Å². The van der Waals surface area contributed by atoms with Gasteiger partial charge in [-0.2, -0.15) is 0 Å². The highest BCUT2D eigenvalue weighted by molar-refractivity contribution is 9.10. The van der Waals surface area contributed by atoms with E-state index in [4.69, 9.17) is 33.4 Å². The van der Waals surface area contributed by atoms with Crippen LogP contribution in [0.4, 0.5) is 20.2 Å². The van der Waals surface area contributed by atoms with Gasteiger partial charge in [-0.1, -0.05) is 175 Å². The van der Waals surface area contributed by atoms with Gasteiger partial charge in [-0.05, 0) is 83.9 Å². The van der Waals surface area contributed by atoms with Crippen LogP contribution in [0, 0.1) is 25.5 Å². The van der Waals surface area contributed by atoms with Gasteiger partial charge < -0.3 is 23.4 Å². The van der Waals surface area contributed by atoms with E-state index in [1.807, 2.05) is 134 Å². The molecular formula is C62H75BrF2N2O5Si. The topological polar surface area (TPSA) is 70.9 Å². The van der Waals surface area contributed by atoms with Crippen LogP contribution in [-0.2, 0) is 29.8 Å². The third-order valence-electron chi connectivity index (χ3n) is 13.1. The molecule has 0 saturated carbocycles. The van der Waals surface area contributed by atoms with Crippen LogP contribution in [0.1, 0.15) is 123 Å². The summed E-state index contributed by atoms with van der Waals surface area (Å²) in [5, 5.41) is 0.328. The lowest BCUT2D eigenvalue weighted by molar-refractivity contribution is -0.0445. The average molecular weight is 1070 g/mol. The van der Waals surface area contributed by atoms with Crippen molar-refractivity contribution in [3.63, 3.8) is 0 Å². The number of ether oxygens (including phenoxy) is 4. The first-order valence-corrected chi connectivity index (χ1v) is 28.8. The summed E-state index contributed by atoms with van der Waals surface area (Å²) in [6, 6.07) is 42.8. The lowest BCUT2D eigenvalue weighted by atomic mass is 9.93. The third kappa shape index (κ3) is 15.9. The Hall–Kier alpha value is -5.24. The Morgan fingerprint density at radius 1 is 0.658 bits per heavy atom. The highest BCUT2D eigenvalue weighted by Gasteiger charge is 2.37. The van der Waals surface area contributed by atoms with Gasteiger partial charge in [-0.25, -0.2) is 18.8 Å². The highest BCUT2D eigenvalue weighted by atomic mass is 79.9. The van der Waals surface area contributed by atoms with Gasteiger partial charge in [0.15, 0.2) is 20.9 Å². The Morgan fingerprint density at radius 2 is 1.04 bits per heavy atom. The minimum absolute atomic E-state index is 0. The molecule has 0 radical (unpaired) electrons. The molecule has 2 saturated heterocycles. The number of nitrogens with zero attached hydrogens (tertiary/aromatic N) is 2. The molecule has 2 heterocycles. The van der Waals surface area contributed by atoms with Crippen molar-refractivity contribution in [2.45, 2.75) is 112 Å². The van der Waals surface area contributed by atoms with Crippen LogP contribution in [-0.4, -0.2) is 52.8 Å². The smallest absolute Gasteiger partial charge is 0.191 e. The molecule has 0 unspecified atom stereocenters. The molecular weight excluding hydrogens is 999 g/mol. The van der Waals surface area contributed by atoms with E-state index in [0.717, 1.165) is 83.5 Å². The summed E-state index contributed by atoms with van der Waals surface area (Å²) < 4.78 is 59.4. The minimum Gasteiger partial charge on any atom is -0.417 e. The van der Waals surface area contributed by atoms with Crippen molar-refractivity contribution in [3.05, 3.63) is 212 Å². The largest absolute Gasteiger partial charge is 0.417 e. The maximum Gasteiger partial charge on any atom is 0.191 e. The number of hydrogen-bond acceptors (Lipinski definition) is 7. The fraction of sp³-hybridized carbons (Fsp3) is 0.355. The molecule has 0 bridgehead atoms. The summed E-state index contributed by atoms with van der Waals surface area (Å²) in [5.74, 6) is -0.565. The monoisotopic (exact) mass is 1070 g/mol. The van der Waals surface area contributed by atoms with E-state index in [1.165, 1.54) is 12.1 Å². The zero-order chi connectivity index (χ0) is 51.7. The van der Waals surface area contributed by atoms with Crippen molar-refractivity contribution < 1.29 is 32.2 Å². The van der Waals surface area contributed by atoms with E-state index in [-0.39, 0.29) is 19.1 Å². The van der Waals surface area contributed by atoms with Crippen LogP contribution in [0.3, 0.4) is 0 Å². The predicted octanol–water partition coefficient (Wildman–Crippen LogP) is 17.4. The second-order valence-electron chi connectivity index (χ2n) is 19.3. The van der Waals surface area contributed by atoms with Crippen LogP contribution in [0.5, 0.6) is 0 Å². The number of halogens is 3. The zero-order valence-corrected chi connectivity index (χ0v) is 45.9. The summed E-state index contributed by atoms with van der Waals surface area (Å²) in [6.45, 7) is 23.6. The SMILES string of the molecule is C.C=CCCO[Si](C)(C)C(C)(C)C.CCCCCc1c(C)c(F)cc(N=C(c2ccccc2)c2ccccc2)c1C1OCCO1.Cc1c(F)cc(N=C(c2ccccc2)c2ccccc2)c(C2OCCO2)c1Br. The fourth-order valence-electron chi connectivity index (χ4n) is 7.96. The van der Waals surface area contributed by atoms with E-state index in [1.54, 1.807) is 6.92 Å². The fourth-order valence-corrected chi connectivity index (χ4v) is 9.60. The summed E-state index contributed by atoms with van der Waals surface area (Å²) in [4.78, 5) is 9.94. The third-order valence-corrected chi connectivity index (χ3v) is 18.7. The van der Waals surface area contributed by atoms with Crippen molar-refractivity contribution in [3.8, 4) is 0 Å². The molecule has 73 heavy (non-hydrogen) atoms. The van der Waals surface area contributed by atoms with E-state index < -0.39 is 20.9 Å². The number of rotatable bonds is 16. The Labute approximate surface area is 444 Å². The molecule has 0 amide bonds. The first-order valence-electron chi connectivity index (χ1n) is 25.1. The molecule has 6 aromatic rings. The van der Waals surface area contributed by atoms with E-state index in [9.17, 15) is 4.39 Å². The molecule has 0 aromatic heterocycles. The Morgan fingerprint density at radius 3 is 1.42 bits per heavy atom. The molecule has 11 heteroatoms. The number of unbranched alkanes of at least 4 members (excludes halogenated alkanes) is 2. The van der Waals surface area contributed by atoms with Crippen LogP contribution in [0.15, 0.2) is 161 Å². The molecule has 6 aromatic carbocycles. The lowest BCUT2D eigenvalue weighted by Crippen LogP contribution is -2.40. The second kappa shape index (κ2) is 28.4. The van der Waals surface area contributed by atoms with E-state index >= 15 is 4.39 Å². The average Bonchev–Trinajstić information content (AvgIpc) is 4.13. The number of hydrogen-bond donors (Lipinski definition) is 0. The molecule has 388 valence electrons. The van der Waals surface area contributed by atoms with Gasteiger partial charge >= 0.3 is 0 Å². The molecule has 8 rings (SSSR count). The predicted molar refractivity (Wildman–Crippen MR) is 304 cm³/mol. The van der Waals surface area contributed by atoms with Gasteiger partial charge in [-0.3, -0.25) is 0 Å². The van der Waals surface area contributed by atoms with Gasteiger partial charge in [0.25, 0.3) is 0 Å². The van der Waals surface area contributed by atoms with Gasteiger partial charge in [0, 0.05) is 56.6 Å². The van der Waals surface area contributed by atoms with E-state index in [0.29, 0.717) is 64.0 Å². The molecule has 0 N–H and O–H groups in total. The van der Waals surface area contributed by atoms with Crippen molar-refractivity contribution in [2.24, 2.45) is 9.98 Å². The van der Waals surface area contributed by atoms with Crippen LogP contribution in [0.25, 0.3) is 0 Å². The minimum atomic E-state index is -1.49. The quantitative estimate of drug-likeness (QED) is 0.0418. The summed E-state index contributed by atoms with van der Waals surface area (Å²) in [5.41, 5.74) is 10.2. The van der Waals surface area contributed by atoms with Crippen LogP contribution in [0.2, 0.25) is 18.1 Å². The molecule has 0 spiro atoms. The van der Waals surface area contributed by atoms with Crippen LogP contribution >= 0.6 is 15.9 Å². The standard InChI is InChI=1S/C28H30FNO2.C23H19BrFNO2.C10H22OSi.CH4/c1-3-4-7-16-23-20(2)24(29)19-25(26(23)28-31-17-18-32-28)30-27(21-12-8-5-9-13-21)22-14-10-6-11-15-22;1-15-18(25)14-19(20(21(15)24)23-27-12-13-28-23)26-22(16-8-4-2-5-9-16)17-10-6-3-7-11-17;1-7-8-9-11-12(5,6)10(2,3)4;/h5-6,8-15,19,28H,3-4,7,16-18H2,1-2H3;2-11,14,23H,12-13H2,1H3;7H,1,8-9H2,2-6H3;1H4. The summed E-state index contributed by atoms with van der Waals surface area (Å²) in [7, 11) is -1.49. The summed E-state index contributed by atoms with van der Waals surface area (Å²) >= 11 is 3.53. The zero-order valence-electron chi connectivity index (χ0n) is 43.3. The van der Waals surface area contributed by atoms with E-state index in [2.05, 4.69) is 63.3 Å². The number of aliphatic imine (C=N–C) groups is 2. The van der Waals surface area contributed by atoms with Gasteiger partial charge in [0.1, 0.15) is 11.6 Å². The summed E-state index contributed by atoms with van der Waals surface area (Å²) in [6.07, 6.45) is 5.77. The molecule has 2 aliphatic heterocycles. The molecule has 0 aliphatic carbocycles. The van der Waals surface area contributed by atoms with Crippen molar-refractivity contribution in [1.29, 1.82) is 0 Å².